The van der Waals surface area contributed by atoms with Crippen molar-refractivity contribution >= 4 is 18.3 Å². The van der Waals surface area contributed by atoms with Gasteiger partial charge in [0.2, 0.25) is 5.91 Å². The molecule has 1 aliphatic carbocycles. The predicted molar refractivity (Wildman–Crippen MR) is 87.5 cm³/mol. The molecule has 3 nitrogen and oxygen atoms in total. The highest BCUT2D eigenvalue weighted by Crippen LogP contribution is 2.38. The van der Waals surface area contributed by atoms with Crippen LogP contribution in [0.25, 0.3) is 0 Å². The van der Waals surface area contributed by atoms with Crippen LogP contribution in [0, 0.1) is 11.8 Å². The van der Waals surface area contributed by atoms with Crippen molar-refractivity contribution < 1.29 is 4.79 Å². The van der Waals surface area contributed by atoms with Crippen LogP contribution >= 0.6 is 12.4 Å². The van der Waals surface area contributed by atoms with Gasteiger partial charge in [0, 0.05) is 19.1 Å². The predicted octanol–water partition coefficient (Wildman–Crippen LogP) is 2.80. The van der Waals surface area contributed by atoms with E-state index in [0.29, 0.717) is 23.8 Å². The fourth-order valence-electron chi connectivity index (χ4n) is 3.95. The maximum Gasteiger partial charge on any atom is 0.230 e. The number of carbonyl (C=O) groups excluding carboxylic acids is 1. The third-order valence-corrected chi connectivity index (χ3v) is 5.13. The Morgan fingerprint density at radius 3 is 2.62 bits per heavy atom. The van der Waals surface area contributed by atoms with Crippen LogP contribution in [0.3, 0.4) is 0 Å². The molecule has 2 aliphatic rings. The van der Waals surface area contributed by atoms with Gasteiger partial charge in [-0.2, -0.15) is 0 Å². The van der Waals surface area contributed by atoms with E-state index in [4.69, 9.17) is 5.73 Å². The number of hydrogen-bond donors (Lipinski definition) is 1. The van der Waals surface area contributed by atoms with Crippen molar-refractivity contribution in [1.82, 2.24) is 4.90 Å². The number of amides is 1. The summed E-state index contributed by atoms with van der Waals surface area (Å²) >= 11 is 0. The Hall–Kier alpha value is -1.06. The number of nitrogens with two attached hydrogens (primary N) is 1. The van der Waals surface area contributed by atoms with Crippen LogP contribution in [0.4, 0.5) is 0 Å². The summed E-state index contributed by atoms with van der Waals surface area (Å²) in [5.41, 5.74) is 7.30. The Morgan fingerprint density at radius 1 is 1.29 bits per heavy atom. The number of carbonyl (C=O) groups is 1. The summed E-state index contributed by atoms with van der Waals surface area (Å²) in [6, 6.07) is 10.5. The van der Waals surface area contributed by atoms with Gasteiger partial charge in [-0.1, -0.05) is 37.3 Å². The molecular weight excluding hydrogens is 284 g/mol. The van der Waals surface area contributed by atoms with Crippen LogP contribution in [0.5, 0.6) is 0 Å². The van der Waals surface area contributed by atoms with Gasteiger partial charge in [0.25, 0.3) is 0 Å². The SMILES string of the molecule is CCC(C(=O)N1CC2CCC(N)C2C1)c1ccccc1.Cl. The molecular formula is C17H25ClN2O. The van der Waals surface area contributed by atoms with E-state index < -0.39 is 0 Å². The van der Waals surface area contributed by atoms with Gasteiger partial charge >= 0.3 is 0 Å². The van der Waals surface area contributed by atoms with Crippen LogP contribution < -0.4 is 5.73 Å². The van der Waals surface area contributed by atoms with Crippen LogP contribution in [0.2, 0.25) is 0 Å². The second kappa shape index (κ2) is 6.80. The molecule has 0 aromatic heterocycles. The molecule has 1 saturated carbocycles. The number of fused-ring (bicyclic) bond motifs is 1. The number of rotatable bonds is 3. The minimum Gasteiger partial charge on any atom is -0.342 e. The smallest absolute Gasteiger partial charge is 0.230 e. The minimum atomic E-state index is 0. The van der Waals surface area contributed by atoms with Crippen LogP contribution in [0.15, 0.2) is 30.3 Å². The topological polar surface area (TPSA) is 46.3 Å². The lowest BCUT2D eigenvalue weighted by atomic mass is 9.95. The zero-order valence-electron chi connectivity index (χ0n) is 12.6. The van der Waals surface area contributed by atoms with Crippen LogP contribution in [0.1, 0.15) is 37.7 Å². The molecule has 1 aliphatic heterocycles. The van der Waals surface area contributed by atoms with Gasteiger partial charge in [-0.05, 0) is 36.7 Å². The summed E-state index contributed by atoms with van der Waals surface area (Å²) in [6.07, 6.45) is 3.19. The molecule has 2 fully saturated rings. The number of halogens is 1. The largest absolute Gasteiger partial charge is 0.342 e. The zero-order chi connectivity index (χ0) is 14.1. The van der Waals surface area contributed by atoms with Crippen molar-refractivity contribution in [1.29, 1.82) is 0 Å². The Morgan fingerprint density at radius 2 is 2.00 bits per heavy atom. The summed E-state index contributed by atoms with van der Waals surface area (Å²) in [4.78, 5) is 14.9. The van der Waals surface area contributed by atoms with Gasteiger partial charge in [0.15, 0.2) is 0 Å². The number of nitrogens with zero attached hydrogens (tertiary/aromatic N) is 1. The van der Waals surface area contributed by atoms with E-state index in [2.05, 4.69) is 24.0 Å². The van der Waals surface area contributed by atoms with Crippen LogP contribution in [-0.4, -0.2) is 29.9 Å². The first-order chi connectivity index (χ1) is 9.70. The first kappa shape index (κ1) is 16.3. The quantitative estimate of drug-likeness (QED) is 0.933. The van der Waals surface area contributed by atoms with Crippen molar-refractivity contribution in [2.75, 3.05) is 13.1 Å². The highest BCUT2D eigenvalue weighted by molar-refractivity contribution is 5.85. The number of likely N-dealkylation sites (tertiary alicyclic amines) is 1. The summed E-state index contributed by atoms with van der Waals surface area (Å²) in [7, 11) is 0. The molecule has 4 heteroatoms. The molecule has 0 radical (unpaired) electrons. The van der Waals surface area contributed by atoms with Gasteiger partial charge in [-0.3, -0.25) is 4.79 Å². The van der Waals surface area contributed by atoms with Gasteiger partial charge in [0.05, 0.1) is 5.92 Å². The Bertz CT molecular complexity index is 479. The average Bonchev–Trinajstić information content (AvgIpc) is 3.03. The molecule has 4 unspecified atom stereocenters. The summed E-state index contributed by atoms with van der Waals surface area (Å²) < 4.78 is 0. The van der Waals surface area contributed by atoms with E-state index in [1.807, 2.05) is 18.2 Å². The Balaban J connectivity index is 0.00000161. The molecule has 0 bridgehead atoms. The molecule has 21 heavy (non-hydrogen) atoms. The Kier molecular flexibility index (Phi) is 5.28. The summed E-state index contributed by atoms with van der Waals surface area (Å²) in [5.74, 6) is 1.47. The molecule has 2 N–H and O–H groups in total. The standard InChI is InChI=1S/C17H24N2O.ClH/c1-2-14(12-6-4-3-5-7-12)17(20)19-10-13-8-9-16(18)15(13)11-19;/h3-7,13-16H,2,8-11,18H2,1H3;1H. The van der Waals surface area contributed by atoms with E-state index in [1.165, 1.54) is 6.42 Å². The third kappa shape index (κ3) is 3.09. The molecule has 116 valence electrons. The second-order valence-electron chi connectivity index (χ2n) is 6.28. The second-order valence-corrected chi connectivity index (χ2v) is 6.28. The van der Waals surface area contributed by atoms with Gasteiger partial charge in [-0.15, -0.1) is 12.4 Å². The first-order valence-corrected chi connectivity index (χ1v) is 7.80. The first-order valence-electron chi connectivity index (χ1n) is 7.80. The molecule has 1 aromatic rings. The van der Waals surface area contributed by atoms with Crippen molar-refractivity contribution in [2.24, 2.45) is 17.6 Å². The number of benzene rings is 1. The minimum absolute atomic E-state index is 0. The maximum atomic E-state index is 12.8. The molecule has 1 aromatic carbocycles. The van der Waals surface area contributed by atoms with E-state index in [9.17, 15) is 4.79 Å². The summed E-state index contributed by atoms with van der Waals surface area (Å²) in [5, 5.41) is 0. The van der Waals surface area contributed by atoms with Crippen molar-refractivity contribution in [3.63, 3.8) is 0 Å². The van der Waals surface area contributed by atoms with Crippen molar-refractivity contribution in [3.05, 3.63) is 35.9 Å². The third-order valence-electron chi connectivity index (χ3n) is 5.13. The van der Waals surface area contributed by atoms with E-state index in [-0.39, 0.29) is 18.3 Å². The number of hydrogen-bond acceptors (Lipinski definition) is 2. The molecule has 4 atom stereocenters. The van der Waals surface area contributed by atoms with Crippen LogP contribution in [-0.2, 0) is 4.79 Å². The fourth-order valence-corrected chi connectivity index (χ4v) is 3.95. The van der Waals surface area contributed by atoms with Crippen molar-refractivity contribution in [3.8, 4) is 0 Å². The highest BCUT2D eigenvalue weighted by Gasteiger charge is 2.43. The monoisotopic (exact) mass is 308 g/mol. The molecule has 3 rings (SSSR count). The highest BCUT2D eigenvalue weighted by atomic mass is 35.5. The van der Waals surface area contributed by atoms with Crippen molar-refractivity contribution in [2.45, 2.75) is 38.1 Å². The summed E-state index contributed by atoms with van der Waals surface area (Å²) in [6.45, 7) is 3.88. The molecule has 0 spiro atoms. The van der Waals surface area contributed by atoms with Gasteiger partial charge in [-0.25, -0.2) is 0 Å². The molecule has 1 saturated heterocycles. The average molecular weight is 309 g/mol. The van der Waals surface area contributed by atoms with E-state index in [0.717, 1.165) is 31.5 Å². The van der Waals surface area contributed by atoms with Gasteiger partial charge < -0.3 is 10.6 Å². The lowest BCUT2D eigenvalue weighted by Crippen LogP contribution is -2.36. The van der Waals surface area contributed by atoms with E-state index in [1.54, 1.807) is 0 Å². The van der Waals surface area contributed by atoms with Gasteiger partial charge in [0.1, 0.15) is 0 Å². The zero-order valence-corrected chi connectivity index (χ0v) is 13.4. The normalized spacial score (nSPS) is 28.9. The molecule has 1 heterocycles. The molecule has 1 amide bonds. The fraction of sp³-hybridized carbons (Fsp3) is 0.588. The van der Waals surface area contributed by atoms with E-state index >= 15 is 0 Å². The Labute approximate surface area is 133 Å². The lowest BCUT2D eigenvalue weighted by Gasteiger charge is -2.24. The maximum absolute atomic E-state index is 12.8. The lowest BCUT2D eigenvalue weighted by molar-refractivity contribution is -0.132.